The van der Waals surface area contributed by atoms with Crippen molar-refractivity contribution in [1.82, 2.24) is 4.98 Å². The molecule has 0 radical (unpaired) electrons. The van der Waals surface area contributed by atoms with E-state index in [1.54, 1.807) is 0 Å². The lowest BCUT2D eigenvalue weighted by Crippen LogP contribution is -2.13. The lowest BCUT2D eigenvalue weighted by Gasteiger charge is -2.09. The molecule has 0 aliphatic heterocycles. The van der Waals surface area contributed by atoms with Crippen molar-refractivity contribution >= 4 is 17.0 Å². The topological polar surface area (TPSA) is 62.7 Å². The Balaban J connectivity index is 2.37. The summed E-state index contributed by atoms with van der Waals surface area (Å²) in [5.41, 5.74) is 7.77. The summed E-state index contributed by atoms with van der Waals surface area (Å²) in [6, 6.07) is 9.84. The number of nitrogen functional groups attached to an aromatic ring is 1. The second kappa shape index (κ2) is 4.19. The number of nitrogens with two attached hydrogens (primary N) is 1. The number of benzene rings is 1. The van der Waals surface area contributed by atoms with Crippen LogP contribution in [0.1, 0.15) is 18.9 Å². The zero-order valence-corrected chi connectivity index (χ0v) is 10.6. The lowest BCUT2D eigenvalue weighted by molar-refractivity contribution is 0.680. The highest BCUT2D eigenvalue weighted by Crippen LogP contribution is 2.30. The maximum absolute atomic E-state index is 9.06. The van der Waals surface area contributed by atoms with E-state index in [-0.39, 0.29) is 0 Å². The van der Waals surface area contributed by atoms with Gasteiger partial charge in [0.2, 0.25) is 0 Å². The van der Waals surface area contributed by atoms with Crippen molar-refractivity contribution < 1.29 is 0 Å². The van der Waals surface area contributed by atoms with Gasteiger partial charge in [-0.1, -0.05) is 12.1 Å². The van der Waals surface area contributed by atoms with Crippen LogP contribution in [0.25, 0.3) is 11.3 Å². The number of anilines is 1. The van der Waals surface area contributed by atoms with Gasteiger partial charge in [-0.05, 0) is 26.0 Å². The van der Waals surface area contributed by atoms with Crippen LogP contribution in [0.4, 0.5) is 5.69 Å². The molecule has 1 aromatic heterocycles. The van der Waals surface area contributed by atoms with Crippen LogP contribution in [0.5, 0.6) is 0 Å². The Morgan fingerprint density at radius 3 is 2.53 bits per heavy atom. The normalized spacial score (nSPS) is 11.1. The number of nitrogens with zero attached hydrogens (tertiary/aromatic N) is 2. The van der Waals surface area contributed by atoms with E-state index in [1.165, 1.54) is 11.3 Å². The van der Waals surface area contributed by atoms with Crippen molar-refractivity contribution in [2.75, 3.05) is 5.73 Å². The molecular formula is C13H13N3S. The predicted molar refractivity (Wildman–Crippen MR) is 70.6 cm³/mol. The van der Waals surface area contributed by atoms with Crippen LogP contribution in [0, 0.1) is 11.3 Å². The molecule has 17 heavy (non-hydrogen) atoms. The molecule has 0 saturated carbocycles. The van der Waals surface area contributed by atoms with E-state index >= 15 is 0 Å². The fraction of sp³-hybridized carbons (Fsp3) is 0.231. The lowest BCUT2D eigenvalue weighted by atomic mass is 9.97. The zero-order chi connectivity index (χ0) is 12.5. The molecule has 0 spiro atoms. The number of thiazole rings is 1. The summed E-state index contributed by atoms with van der Waals surface area (Å²) >= 11 is 1.52. The molecule has 0 aliphatic carbocycles. The minimum absolute atomic E-state index is 0.531. The molecule has 86 valence electrons. The van der Waals surface area contributed by atoms with Crippen LogP contribution in [0.2, 0.25) is 0 Å². The number of hydrogen-bond acceptors (Lipinski definition) is 4. The van der Waals surface area contributed by atoms with E-state index in [2.05, 4.69) is 11.1 Å². The minimum Gasteiger partial charge on any atom is -0.399 e. The van der Waals surface area contributed by atoms with Crippen molar-refractivity contribution in [3.8, 4) is 17.3 Å². The van der Waals surface area contributed by atoms with Crippen LogP contribution >= 0.6 is 11.3 Å². The molecule has 0 fully saturated rings. The van der Waals surface area contributed by atoms with Crippen molar-refractivity contribution in [1.29, 1.82) is 5.26 Å². The summed E-state index contributed by atoms with van der Waals surface area (Å²) in [5, 5.41) is 11.9. The molecule has 3 nitrogen and oxygen atoms in total. The van der Waals surface area contributed by atoms with E-state index in [9.17, 15) is 0 Å². The Morgan fingerprint density at radius 2 is 1.94 bits per heavy atom. The number of rotatable bonds is 2. The highest BCUT2D eigenvalue weighted by molar-refractivity contribution is 7.10. The summed E-state index contributed by atoms with van der Waals surface area (Å²) in [5.74, 6) is 0. The first-order chi connectivity index (χ1) is 8.03. The van der Waals surface area contributed by atoms with E-state index < -0.39 is 5.41 Å². The van der Waals surface area contributed by atoms with Gasteiger partial charge >= 0.3 is 0 Å². The molecule has 2 rings (SSSR count). The van der Waals surface area contributed by atoms with Crippen LogP contribution in [0.3, 0.4) is 0 Å². The summed E-state index contributed by atoms with van der Waals surface area (Å²) in [6.07, 6.45) is 0. The highest BCUT2D eigenvalue weighted by atomic mass is 32.1. The van der Waals surface area contributed by atoms with Gasteiger partial charge in [-0.15, -0.1) is 11.3 Å². The Bertz CT molecular complexity index is 561. The van der Waals surface area contributed by atoms with E-state index in [0.29, 0.717) is 0 Å². The van der Waals surface area contributed by atoms with Crippen LogP contribution in [-0.4, -0.2) is 4.98 Å². The van der Waals surface area contributed by atoms with Gasteiger partial charge in [0.05, 0.1) is 11.8 Å². The molecule has 2 N–H and O–H groups in total. The second-order valence-electron chi connectivity index (χ2n) is 4.40. The van der Waals surface area contributed by atoms with E-state index in [0.717, 1.165) is 22.0 Å². The van der Waals surface area contributed by atoms with Crippen molar-refractivity contribution in [3.05, 3.63) is 34.7 Å². The summed E-state index contributed by atoms with van der Waals surface area (Å²) in [4.78, 5) is 4.51. The Labute approximate surface area is 105 Å². The average Bonchev–Trinajstić information content (AvgIpc) is 2.80. The van der Waals surface area contributed by atoms with Gasteiger partial charge in [-0.25, -0.2) is 4.98 Å². The van der Waals surface area contributed by atoms with E-state index in [4.69, 9.17) is 11.0 Å². The highest BCUT2D eigenvalue weighted by Gasteiger charge is 2.23. The second-order valence-corrected chi connectivity index (χ2v) is 5.25. The van der Waals surface area contributed by atoms with Gasteiger partial charge in [-0.2, -0.15) is 5.26 Å². The Hall–Kier alpha value is -1.86. The first kappa shape index (κ1) is 11.6. The van der Waals surface area contributed by atoms with E-state index in [1.807, 2.05) is 43.5 Å². The monoisotopic (exact) mass is 243 g/mol. The van der Waals surface area contributed by atoms with Gasteiger partial charge in [0, 0.05) is 16.6 Å². The number of hydrogen-bond donors (Lipinski definition) is 1. The largest absolute Gasteiger partial charge is 0.399 e. The first-order valence-electron chi connectivity index (χ1n) is 5.26. The van der Waals surface area contributed by atoms with Crippen LogP contribution in [-0.2, 0) is 5.41 Å². The van der Waals surface area contributed by atoms with Crippen molar-refractivity contribution in [2.45, 2.75) is 19.3 Å². The summed E-state index contributed by atoms with van der Waals surface area (Å²) < 4.78 is 0. The molecule has 0 atom stereocenters. The third kappa shape index (κ3) is 2.29. The third-order valence-corrected chi connectivity index (χ3v) is 3.69. The fourth-order valence-corrected chi connectivity index (χ4v) is 2.30. The maximum Gasteiger partial charge on any atom is 0.113 e. The SMILES string of the molecule is CC(C)(C#N)c1nc(-c2ccc(N)cc2)cs1. The Morgan fingerprint density at radius 1 is 1.29 bits per heavy atom. The molecule has 1 aromatic carbocycles. The van der Waals surface area contributed by atoms with Gasteiger partial charge < -0.3 is 5.73 Å². The van der Waals surface area contributed by atoms with Gasteiger partial charge in [0.25, 0.3) is 0 Å². The standard InChI is InChI=1S/C13H13N3S/c1-13(2,8-14)12-16-11(7-17-12)9-3-5-10(15)6-4-9/h3-7H,15H2,1-2H3. The van der Waals surface area contributed by atoms with Gasteiger partial charge in [0.1, 0.15) is 10.4 Å². The average molecular weight is 243 g/mol. The summed E-state index contributed by atoms with van der Waals surface area (Å²) in [7, 11) is 0. The van der Waals surface area contributed by atoms with Crippen LogP contribution in [0.15, 0.2) is 29.6 Å². The Kier molecular flexibility index (Phi) is 2.86. The quantitative estimate of drug-likeness (QED) is 0.824. The number of aromatic nitrogens is 1. The van der Waals surface area contributed by atoms with Gasteiger partial charge in [-0.3, -0.25) is 0 Å². The van der Waals surface area contributed by atoms with Crippen LogP contribution < -0.4 is 5.73 Å². The molecule has 0 aliphatic rings. The first-order valence-corrected chi connectivity index (χ1v) is 6.14. The zero-order valence-electron chi connectivity index (χ0n) is 9.77. The molecule has 4 heteroatoms. The number of nitriles is 1. The van der Waals surface area contributed by atoms with Crippen molar-refractivity contribution in [3.63, 3.8) is 0 Å². The maximum atomic E-state index is 9.06. The predicted octanol–water partition coefficient (Wildman–Crippen LogP) is 3.19. The molecule has 1 heterocycles. The molecular weight excluding hydrogens is 230 g/mol. The third-order valence-electron chi connectivity index (χ3n) is 2.52. The smallest absolute Gasteiger partial charge is 0.113 e. The fourth-order valence-electron chi connectivity index (χ4n) is 1.40. The molecule has 0 amide bonds. The van der Waals surface area contributed by atoms with Gasteiger partial charge in [0.15, 0.2) is 0 Å². The van der Waals surface area contributed by atoms with Crippen molar-refractivity contribution in [2.24, 2.45) is 0 Å². The molecule has 0 bridgehead atoms. The minimum atomic E-state index is -0.531. The molecule has 2 aromatic rings. The molecule has 0 saturated heterocycles. The molecule has 0 unspecified atom stereocenters. The summed E-state index contributed by atoms with van der Waals surface area (Å²) in [6.45, 7) is 3.75.